The van der Waals surface area contributed by atoms with E-state index >= 15 is 0 Å². The van der Waals surface area contributed by atoms with Crippen LogP contribution < -0.4 is 5.32 Å². The first-order chi connectivity index (χ1) is 8.22. The van der Waals surface area contributed by atoms with Crippen LogP contribution in [0.25, 0.3) is 0 Å². The molecule has 17 heavy (non-hydrogen) atoms. The zero-order valence-electron chi connectivity index (χ0n) is 9.60. The molecule has 2 amide bonds. The number of carbonyl (C=O) groups is 2. The van der Waals surface area contributed by atoms with Crippen LogP contribution in [0.4, 0.5) is 5.00 Å². The van der Waals surface area contributed by atoms with Crippen LogP contribution >= 0.6 is 11.5 Å². The second-order valence-corrected chi connectivity index (χ2v) is 4.63. The van der Waals surface area contributed by atoms with E-state index in [-0.39, 0.29) is 18.4 Å². The second-order valence-electron chi connectivity index (χ2n) is 3.88. The lowest BCUT2D eigenvalue weighted by Crippen LogP contribution is -2.34. The molecule has 1 saturated heterocycles. The molecule has 1 aliphatic heterocycles. The molecule has 2 heterocycles. The number of likely N-dealkylation sites (tertiary alicyclic amines) is 1. The largest absolute Gasteiger partial charge is 0.377 e. The van der Waals surface area contributed by atoms with Crippen molar-refractivity contribution in [2.75, 3.05) is 12.4 Å². The monoisotopic (exact) mass is 254 g/mol. The molecular formula is C10H14N4O2S. The van der Waals surface area contributed by atoms with Crippen LogP contribution in [0.1, 0.15) is 31.4 Å². The minimum absolute atomic E-state index is 0.109. The van der Waals surface area contributed by atoms with E-state index < -0.39 is 0 Å². The average molecular weight is 254 g/mol. The predicted octanol–water partition coefficient (Wildman–Crippen LogP) is 1.01. The Morgan fingerprint density at radius 3 is 2.53 bits per heavy atom. The van der Waals surface area contributed by atoms with Crippen LogP contribution in [-0.2, 0) is 16.1 Å². The summed E-state index contributed by atoms with van der Waals surface area (Å²) in [5.74, 6) is -0.217. The van der Waals surface area contributed by atoms with E-state index in [9.17, 15) is 9.59 Å². The molecule has 0 saturated carbocycles. The van der Waals surface area contributed by atoms with Gasteiger partial charge in [0.05, 0.1) is 6.54 Å². The van der Waals surface area contributed by atoms with Crippen LogP contribution in [0.2, 0.25) is 0 Å². The van der Waals surface area contributed by atoms with Crippen LogP contribution in [-0.4, -0.2) is 33.3 Å². The predicted molar refractivity (Wildman–Crippen MR) is 63.5 cm³/mol. The number of nitrogens with one attached hydrogen (secondary N) is 1. The third-order valence-corrected chi connectivity index (χ3v) is 3.51. The highest BCUT2D eigenvalue weighted by Crippen LogP contribution is 2.21. The molecule has 1 N–H and O–H groups in total. The van der Waals surface area contributed by atoms with Crippen molar-refractivity contribution in [1.82, 2.24) is 14.5 Å². The summed E-state index contributed by atoms with van der Waals surface area (Å²) >= 11 is 1.22. The molecule has 1 aromatic rings. The number of nitrogens with zero attached hydrogens (tertiary/aromatic N) is 3. The van der Waals surface area contributed by atoms with Crippen LogP contribution in [0.15, 0.2) is 0 Å². The van der Waals surface area contributed by atoms with Gasteiger partial charge in [-0.1, -0.05) is 4.49 Å². The fourth-order valence-electron chi connectivity index (χ4n) is 1.79. The van der Waals surface area contributed by atoms with E-state index in [2.05, 4.69) is 14.9 Å². The van der Waals surface area contributed by atoms with Gasteiger partial charge in [-0.25, -0.2) is 0 Å². The highest BCUT2D eigenvalue weighted by atomic mass is 32.1. The first-order valence-corrected chi connectivity index (χ1v) is 6.32. The SMILES string of the molecule is CNc1snnc1CN1C(=O)CCCCC1=O. The van der Waals surface area contributed by atoms with E-state index in [0.717, 1.165) is 17.8 Å². The lowest BCUT2D eigenvalue weighted by Gasteiger charge is -2.17. The maximum atomic E-state index is 11.8. The highest BCUT2D eigenvalue weighted by molar-refractivity contribution is 7.10. The molecule has 1 aromatic heterocycles. The number of hydrogen-bond donors (Lipinski definition) is 1. The third-order valence-electron chi connectivity index (χ3n) is 2.72. The molecule has 0 aliphatic carbocycles. The standard InChI is InChI=1S/C10H14N4O2S/c1-11-10-7(12-13-17-10)6-14-8(15)4-2-3-5-9(14)16/h11H,2-6H2,1H3. The van der Waals surface area contributed by atoms with Gasteiger partial charge in [0.2, 0.25) is 11.8 Å². The Morgan fingerprint density at radius 2 is 1.94 bits per heavy atom. The van der Waals surface area contributed by atoms with Gasteiger partial charge in [-0.15, -0.1) is 5.10 Å². The van der Waals surface area contributed by atoms with Crippen molar-refractivity contribution in [3.8, 4) is 0 Å². The molecule has 0 atom stereocenters. The summed E-state index contributed by atoms with van der Waals surface area (Å²) in [5, 5.41) is 7.70. The smallest absolute Gasteiger partial charge is 0.229 e. The Kier molecular flexibility index (Phi) is 3.68. The van der Waals surface area contributed by atoms with E-state index in [1.165, 1.54) is 16.4 Å². The maximum Gasteiger partial charge on any atom is 0.229 e. The molecule has 0 radical (unpaired) electrons. The zero-order chi connectivity index (χ0) is 12.3. The summed E-state index contributed by atoms with van der Waals surface area (Å²) in [6.45, 7) is 0.227. The molecule has 92 valence electrons. The molecule has 0 unspecified atom stereocenters. The summed E-state index contributed by atoms with van der Waals surface area (Å²) in [5.41, 5.74) is 0.654. The number of carbonyl (C=O) groups excluding carboxylic acids is 2. The Morgan fingerprint density at radius 1 is 1.29 bits per heavy atom. The lowest BCUT2D eigenvalue weighted by atomic mass is 10.2. The topological polar surface area (TPSA) is 75.2 Å². The maximum absolute atomic E-state index is 11.8. The van der Waals surface area contributed by atoms with E-state index in [1.54, 1.807) is 7.05 Å². The summed E-state index contributed by atoms with van der Waals surface area (Å²) < 4.78 is 3.81. The van der Waals surface area contributed by atoms with Crippen LogP contribution in [0.5, 0.6) is 0 Å². The molecule has 1 aliphatic rings. The molecule has 1 fully saturated rings. The summed E-state index contributed by atoms with van der Waals surface area (Å²) in [6.07, 6.45) is 2.46. The van der Waals surface area contributed by atoms with Crippen molar-refractivity contribution < 1.29 is 9.59 Å². The molecular weight excluding hydrogens is 240 g/mol. The lowest BCUT2D eigenvalue weighted by molar-refractivity contribution is -0.144. The first kappa shape index (κ1) is 12.0. The summed E-state index contributed by atoms with van der Waals surface area (Å²) in [4.78, 5) is 24.9. The second kappa shape index (κ2) is 5.22. The molecule has 0 bridgehead atoms. The van der Waals surface area contributed by atoms with Gasteiger partial charge < -0.3 is 5.32 Å². The van der Waals surface area contributed by atoms with Crippen LogP contribution in [0.3, 0.4) is 0 Å². The van der Waals surface area contributed by atoms with Crippen molar-refractivity contribution in [3.63, 3.8) is 0 Å². The van der Waals surface area contributed by atoms with Crippen molar-refractivity contribution in [2.24, 2.45) is 0 Å². The average Bonchev–Trinajstić information content (AvgIpc) is 2.71. The Hall–Kier alpha value is -1.50. The van der Waals surface area contributed by atoms with E-state index in [1.807, 2.05) is 0 Å². The van der Waals surface area contributed by atoms with Gasteiger partial charge in [-0.05, 0) is 12.8 Å². The minimum atomic E-state index is -0.109. The molecule has 7 heteroatoms. The van der Waals surface area contributed by atoms with Crippen molar-refractivity contribution in [3.05, 3.63) is 5.69 Å². The highest BCUT2D eigenvalue weighted by Gasteiger charge is 2.25. The Labute approximate surface area is 103 Å². The molecule has 2 rings (SSSR count). The Bertz CT molecular complexity index is 414. The van der Waals surface area contributed by atoms with Crippen molar-refractivity contribution in [1.29, 1.82) is 0 Å². The van der Waals surface area contributed by atoms with Gasteiger partial charge in [0.1, 0.15) is 10.7 Å². The van der Waals surface area contributed by atoms with E-state index in [0.29, 0.717) is 18.5 Å². The van der Waals surface area contributed by atoms with Gasteiger partial charge in [0.25, 0.3) is 0 Å². The molecule has 6 nitrogen and oxygen atoms in total. The third kappa shape index (κ3) is 2.60. The number of rotatable bonds is 3. The number of aromatic nitrogens is 2. The minimum Gasteiger partial charge on any atom is -0.377 e. The van der Waals surface area contributed by atoms with Gasteiger partial charge in [0, 0.05) is 31.4 Å². The number of hydrogen-bond acceptors (Lipinski definition) is 6. The van der Waals surface area contributed by atoms with Crippen molar-refractivity contribution >= 4 is 28.3 Å². The fourth-order valence-corrected chi connectivity index (χ4v) is 2.31. The summed E-state index contributed by atoms with van der Waals surface area (Å²) in [6, 6.07) is 0. The fraction of sp³-hybridized carbons (Fsp3) is 0.600. The normalized spacial score (nSPS) is 17.1. The van der Waals surface area contributed by atoms with Gasteiger partial charge in [-0.3, -0.25) is 14.5 Å². The number of imide groups is 1. The van der Waals surface area contributed by atoms with Crippen LogP contribution in [0, 0.1) is 0 Å². The first-order valence-electron chi connectivity index (χ1n) is 5.54. The molecule has 0 spiro atoms. The number of anilines is 1. The van der Waals surface area contributed by atoms with Gasteiger partial charge in [-0.2, -0.15) is 0 Å². The molecule has 0 aromatic carbocycles. The zero-order valence-corrected chi connectivity index (χ0v) is 10.4. The summed E-state index contributed by atoms with van der Waals surface area (Å²) in [7, 11) is 1.77. The van der Waals surface area contributed by atoms with Gasteiger partial charge >= 0.3 is 0 Å². The Balaban J connectivity index is 2.15. The van der Waals surface area contributed by atoms with Gasteiger partial charge in [0.15, 0.2) is 0 Å². The van der Waals surface area contributed by atoms with Crippen molar-refractivity contribution in [2.45, 2.75) is 32.2 Å². The van der Waals surface area contributed by atoms with E-state index in [4.69, 9.17) is 0 Å². The number of amides is 2. The quantitative estimate of drug-likeness (QED) is 0.815.